The maximum absolute atomic E-state index is 10.6. The van der Waals surface area contributed by atoms with Gasteiger partial charge < -0.3 is 5.11 Å². The summed E-state index contributed by atoms with van der Waals surface area (Å²) in [6, 6.07) is 17.8. The van der Waals surface area contributed by atoms with E-state index in [1.54, 1.807) is 30.3 Å². The second kappa shape index (κ2) is 5.54. The van der Waals surface area contributed by atoms with Crippen molar-refractivity contribution in [1.82, 2.24) is 0 Å². The smallest absolute Gasteiger partial charge is 0.150 e. The molecule has 4 heteroatoms. The van der Waals surface area contributed by atoms with Gasteiger partial charge in [0, 0.05) is 10.9 Å². The lowest BCUT2D eigenvalue weighted by Gasteiger charge is -2.03. The lowest BCUT2D eigenvalue weighted by molar-refractivity contribution is 0.112. The quantitative estimate of drug-likeness (QED) is 0.553. The van der Waals surface area contributed by atoms with E-state index in [4.69, 9.17) is 0 Å². The first kappa shape index (κ1) is 13.0. The van der Waals surface area contributed by atoms with Crippen molar-refractivity contribution in [1.29, 1.82) is 0 Å². The van der Waals surface area contributed by atoms with Crippen LogP contribution in [0.2, 0.25) is 0 Å². The molecule has 0 spiro atoms. The molecule has 0 bridgehead atoms. The summed E-state index contributed by atoms with van der Waals surface area (Å²) in [5.41, 5.74) is 1.64. The number of azo groups is 1. The Labute approximate surface area is 121 Å². The summed E-state index contributed by atoms with van der Waals surface area (Å²) >= 11 is 0. The molecule has 0 aliphatic carbocycles. The normalized spacial score (nSPS) is 11.0. The van der Waals surface area contributed by atoms with Gasteiger partial charge in [-0.15, -0.1) is 5.11 Å². The molecule has 3 aromatic rings. The molecule has 21 heavy (non-hydrogen) atoms. The minimum atomic E-state index is 0.0851. The summed E-state index contributed by atoms with van der Waals surface area (Å²) in [4.78, 5) is 10.6. The molecule has 0 fully saturated rings. The number of aldehydes is 1. The largest absolute Gasteiger partial charge is 0.506 e. The SMILES string of the molecule is O=Cc1ccc(N=Nc2c(O)ccc3ccccc23)cc1. The summed E-state index contributed by atoms with van der Waals surface area (Å²) in [7, 11) is 0. The van der Waals surface area contributed by atoms with E-state index in [2.05, 4.69) is 10.2 Å². The third-order valence-electron chi connectivity index (χ3n) is 3.17. The fraction of sp³-hybridized carbons (Fsp3) is 0. The molecule has 1 N–H and O–H groups in total. The molecule has 4 nitrogen and oxygen atoms in total. The zero-order chi connectivity index (χ0) is 14.7. The molecule has 0 saturated heterocycles. The van der Waals surface area contributed by atoms with Crippen LogP contribution in [-0.4, -0.2) is 11.4 Å². The van der Waals surface area contributed by atoms with E-state index >= 15 is 0 Å². The van der Waals surface area contributed by atoms with Crippen molar-refractivity contribution in [3.8, 4) is 5.75 Å². The standard InChI is InChI=1S/C17H12N2O2/c20-11-12-5-8-14(9-6-12)18-19-17-15-4-2-1-3-13(15)7-10-16(17)21/h1-11,21H. The number of phenolic OH excluding ortho intramolecular Hbond substituents is 1. The fourth-order valence-corrected chi connectivity index (χ4v) is 2.08. The van der Waals surface area contributed by atoms with Crippen LogP contribution in [0.25, 0.3) is 10.8 Å². The van der Waals surface area contributed by atoms with Gasteiger partial charge in [0.05, 0.1) is 5.69 Å². The van der Waals surface area contributed by atoms with Gasteiger partial charge >= 0.3 is 0 Å². The molecule has 0 atom stereocenters. The number of benzene rings is 3. The summed E-state index contributed by atoms with van der Waals surface area (Å²) in [5.74, 6) is 0.0851. The fourth-order valence-electron chi connectivity index (χ4n) is 2.08. The van der Waals surface area contributed by atoms with Gasteiger partial charge in [-0.2, -0.15) is 5.11 Å². The molecular weight excluding hydrogens is 264 g/mol. The minimum Gasteiger partial charge on any atom is -0.506 e. The second-order valence-electron chi connectivity index (χ2n) is 4.56. The molecule has 3 aromatic carbocycles. The van der Waals surface area contributed by atoms with Crippen molar-refractivity contribution >= 4 is 28.4 Å². The Morgan fingerprint density at radius 1 is 0.857 bits per heavy atom. The number of hydrogen-bond acceptors (Lipinski definition) is 4. The van der Waals surface area contributed by atoms with Crippen LogP contribution in [-0.2, 0) is 0 Å². The van der Waals surface area contributed by atoms with E-state index in [0.717, 1.165) is 17.1 Å². The Morgan fingerprint density at radius 3 is 2.38 bits per heavy atom. The van der Waals surface area contributed by atoms with E-state index < -0.39 is 0 Å². The number of aromatic hydroxyl groups is 1. The van der Waals surface area contributed by atoms with Crippen molar-refractivity contribution in [2.45, 2.75) is 0 Å². The van der Waals surface area contributed by atoms with Gasteiger partial charge in [0.15, 0.2) is 0 Å². The highest BCUT2D eigenvalue weighted by molar-refractivity contribution is 5.95. The molecule has 0 radical (unpaired) electrons. The number of carbonyl (C=O) groups excluding carboxylic acids is 1. The van der Waals surface area contributed by atoms with E-state index in [9.17, 15) is 9.90 Å². The number of fused-ring (bicyclic) bond motifs is 1. The van der Waals surface area contributed by atoms with Gasteiger partial charge in [0.2, 0.25) is 0 Å². The maximum atomic E-state index is 10.6. The van der Waals surface area contributed by atoms with E-state index in [0.29, 0.717) is 16.9 Å². The molecule has 102 valence electrons. The van der Waals surface area contributed by atoms with Crippen LogP contribution in [0, 0.1) is 0 Å². The summed E-state index contributed by atoms with van der Waals surface area (Å²) in [6.45, 7) is 0. The average molecular weight is 276 g/mol. The lowest BCUT2D eigenvalue weighted by atomic mass is 10.1. The highest BCUT2D eigenvalue weighted by Crippen LogP contribution is 2.35. The zero-order valence-electron chi connectivity index (χ0n) is 11.1. The number of rotatable bonds is 3. The molecule has 0 saturated carbocycles. The first-order chi connectivity index (χ1) is 10.3. The predicted molar refractivity (Wildman–Crippen MR) is 81.6 cm³/mol. The van der Waals surface area contributed by atoms with Crippen molar-refractivity contribution in [3.63, 3.8) is 0 Å². The van der Waals surface area contributed by atoms with Gasteiger partial charge in [-0.3, -0.25) is 4.79 Å². The van der Waals surface area contributed by atoms with Crippen molar-refractivity contribution in [2.75, 3.05) is 0 Å². The predicted octanol–water partition coefficient (Wildman–Crippen LogP) is 4.77. The van der Waals surface area contributed by atoms with E-state index in [1.807, 2.05) is 30.3 Å². The van der Waals surface area contributed by atoms with E-state index in [-0.39, 0.29) is 5.75 Å². The molecule has 0 aliphatic rings. The van der Waals surface area contributed by atoms with Crippen LogP contribution >= 0.6 is 0 Å². The summed E-state index contributed by atoms with van der Waals surface area (Å²) < 4.78 is 0. The van der Waals surface area contributed by atoms with E-state index in [1.165, 1.54) is 0 Å². The van der Waals surface area contributed by atoms with Gasteiger partial charge in [-0.05, 0) is 35.7 Å². The van der Waals surface area contributed by atoms with Crippen LogP contribution in [0.3, 0.4) is 0 Å². The monoisotopic (exact) mass is 276 g/mol. The molecule has 0 aliphatic heterocycles. The molecule has 0 heterocycles. The topological polar surface area (TPSA) is 62.0 Å². The van der Waals surface area contributed by atoms with Gasteiger partial charge in [0.25, 0.3) is 0 Å². The van der Waals surface area contributed by atoms with Crippen LogP contribution in [0.1, 0.15) is 10.4 Å². The maximum Gasteiger partial charge on any atom is 0.150 e. The highest BCUT2D eigenvalue weighted by atomic mass is 16.3. The Kier molecular flexibility index (Phi) is 3.43. The van der Waals surface area contributed by atoms with Crippen LogP contribution in [0.4, 0.5) is 11.4 Å². The lowest BCUT2D eigenvalue weighted by Crippen LogP contribution is -1.76. The Hall–Kier alpha value is -3.01. The van der Waals surface area contributed by atoms with Crippen LogP contribution in [0.5, 0.6) is 5.75 Å². The first-order valence-corrected chi connectivity index (χ1v) is 6.45. The number of carbonyl (C=O) groups is 1. The van der Waals surface area contributed by atoms with Gasteiger partial charge in [-0.1, -0.05) is 30.3 Å². The Morgan fingerprint density at radius 2 is 1.62 bits per heavy atom. The van der Waals surface area contributed by atoms with Crippen molar-refractivity contribution in [3.05, 3.63) is 66.2 Å². The first-order valence-electron chi connectivity index (χ1n) is 6.45. The highest BCUT2D eigenvalue weighted by Gasteiger charge is 2.05. The third-order valence-corrected chi connectivity index (χ3v) is 3.17. The Bertz CT molecular complexity index is 824. The second-order valence-corrected chi connectivity index (χ2v) is 4.56. The summed E-state index contributed by atoms with van der Waals surface area (Å²) in [5, 5.41) is 20.1. The number of hydrogen-bond donors (Lipinski definition) is 1. The van der Waals surface area contributed by atoms with Gasteiger partial charge in [-0.25, -0.2) is 0 Å². The molecule has 3 rings (SSSR count). The number of nitrogens with zero attached hydrogens (tertiary/aromatic N) is 2. The molecule has 0 aromatic heterocycles. The average Bonchev–Trinajstić information content (AvgIpc) is 2.54. The van der Waals surface area contributed by atoms with Crippen LogP contribution < -0.4 is 0 Å². The minimum absolute atomic E-state index is 0.0851. The van der Waals surface area contributed by atoms with Crippen LogP contribution in [0.15, 0.2) is 70.9 Å². The summed E-state index contributed by atoms with van der Waals surface area (Å²) in [6.07, 6.45) is 0.775. The van der Waals surface area contributed by atoms with Gasteiger partial charge in [0.1, 0.15) is 17.7 Å². The number of phenols is 1. The zero-order valence-corrected chi connectivity index (χ0v) is 11.1. The molecule has 0 amide bonds. The van der Waals surface area contributed by atoms with Crippen molar-refractivity contribution < 1.29 is 9.90 Å². The molecule has 0 unspecified atom stereocenters. The Balaban J connectivity index is 2.02. The van der Waals surface area contributed by atoms with Crippen molar-refractivity contribution in [2.24, 2.45) is 10.2 Å². The third kappa shape index (κ3) is 2.65. The molecular formula is C17H12N2O2.